The zero-order valence-corrected chi connectivity index (χ0v) is 12.8. The van der Waals surface area contributed by atoms with E-state index in [2.05, 4.69) is 6.07 Å². The van der Waals surface area contributed by atoms with Crippen molar-refractivity contribution in [3.05, 3.63) is 23.8 Å². The van der Waals surface area contributed by atoms with Gasteiger partial charge in [-0.25, -0.2) is 0 Å². The molecule has 0 N–H and O–H groups in total. The molecular formula is C14H18BNO2S. The molecule has 0 bridgehead atoms. The Bertz CT molecular complexity index is 521. The monoisotopic (exact) mass is 275 g/mol. The molecule has 2 rings (SSSR count). The number of hydrogen-bond acceptors (Lipinski definition) is 4. The molecule has 0 atom stereocenters. The normalized spacial score (nSPS) is 20.3. The fourth-order valence-electron chi connectivity index (χ4n) is 1.96. The fraction of sp³-hybridized carbons (Fsp3) is 0.500. The second-order valence-corrected chi connectivity index (χ2v) is 6.50. The van der Waals surface area contributed by atoms with E-state index < -0.39 is 7.12 Å². The molecular weight excluding hydrogens is 257 g/mol. The molecule has 19 heavy (non-hydrogen) atoms. The van der Waals surface area contributed by atoms with Crippen LogP contribution in [-0.2, 0) is 9.31 Å². The maximum atomic E-state index is 9.04. The van der Waals surface area contributed by atoms with Gasteiger partial charge < -0.3 is 9.31 Å². The van der Waals surface area contributed by atoms with E-state index >= 15 is 0 Å². The van der Waals surface area contributed by atoms with Crippen molar-refractivity contribution >= 4 is 24.3 Å². The first kappa shape index (κ1) is 14.5. The Labute approximate surface area is 119 Å². The maximum absolute atomic E-state index is 9.04. The Kier molecular flexibility index (Phi) is 3.70. The summed E-state index contributed by atoms with van der Waals surface area (Å²) in [6.45, 7) is 8.11. The predicted octanol–water partition coefficient (Wildman–Crippen LogP) is 2.58. The van der Waals surface area contributed by atoms with Crippen LogP contribution in [0.3, 0.4) is 0 Å². The van der Waals surface area contributed by atoms with Crippen LogP contribution in [0.4, 0.5) is 0 Å². The van der Waals surface area contributed by atoms with E-state index in [1.807, 2.05) is 52.1 Å². The van der Waals surface area contributed by atoms with E-state index in [9.17, 15) is 0 Å². The molecule has 1 aromatic rings. The van der Waals surface area contributed by atoms with Gasteiger partial charge in [0.2, 0.25) is 0 Å². The standard InChI is InChI=1S/C14H18BNO2S/c1-13(2)14(3,4)18-15(17-13)11-8-10(9-16)6-7-12(11)19-5/h6-8H,1-5H3. The van der Waals surface area contributed by atoms with Gasteiger partial charge in [0, 0.05) is 4.90 Å². The van der Waals surface area contributed by atoms with Crippen LogP contribution >= 0.6 is 11.8 Å². The Morgan fingerprint density at radius 1 is 1.16 bits per heavy atom. The minimum atomic E-state index is -0.416. The Morgan fingerprint density at radius 3 is 2.21 bits per heavy atom. The molecule has 100 valence electrons. The van der Waals surface area contributed by atoms with Crippen molar-refractivity contribution in [2.75, 3.05) is 6.26 Å². The third-order valence-corrected chi connectivity index (χ3v) is 4.68. The van der Waals surface area contributed by atoms with Gasteiger partial charge in [-0.1, -0.05) is 0 Å². The van der Waals surface area contributed by atoms with Crippen molar-refractivity contribution in [3.8, 4) is 6.07 Å². The van der Waals surface area contributed by atoms with Crippen LogP contribution in [0, 0.1) is 11.3 Å². The molecule has 0 unspecified atom stereocenters. The minimum Gasteiger partial charge on any atom is -0.399 e. The van der Waals surface area contributed by atoms with Crippen LogP contribution in [0.25, 0.3) is 0 Å². The SMILES string of the molecule is CSc1ccc(C#N)cc1B1OC(C)(C)C(C)(C)O1. The third-order valence-electron chi connectivity index (χ3n) is 3.87. The van der Waals surface area contributed by atoms with E-state index in [1.54, 1.807) is 11.8 Å². The van der Waals surface area contributed by atoms with Gasteiger partial charge in [-0.15, -0.1) is 11.8 Å². The van der Waals surface area contributed by atoms with Gasteiger partial charge in [0.25, 0.3) is 0 Å². The van der Waals surface area contributed by atoms with E-state index in [0.717, 1.165) is 10.4 Å². The first-order valence-electron chi connectivity index (χ1n) is 6.24. The summed E-state index contributed by atoms with van der Waals surface area (Å²) in [7, 11) is -0.416. The molecule has 1 heterocycles. The molecule has 0 spiro atoms. The zero-order valence-electron chi connectivity index (χ0n) is 12.0. The number of rotatable bonds is 2. The van der Waals surface area contributed by atoms with Crippen molar-refractivity contribution in [1.29, 1.82) is 5.26 Å². The second kappa shape index (κ2) is 4.86. The van der Waals surface area contributed by atoms with Crippen LogP contribution in [0.15, 0.2) is 23.1 Å². The molecule has 1 aliphatic rings. The summed E-state index contributed by atoms with van der Waals surface area (Å²) in [5, 5.41) is 9.04. The molecule has 0 radical (unpaired) electrons. The van der Waals surface area contributed by atoms with E-state index in [1.165, 1.54) is 0 Å². The Morgan fingerprint density at radius 2 is 1.74 bits per heavy atom. The smallest absolute Gasteiger partial charge is 0.399 e. The van der Waals surface area contributed by atoms with Crippen molar-refractivity contribution in [1.82, 2.24) is 0 Å². The lowest BCUT2D eigenvalue weighted by molar-refractivity contribution is 0.00578. The molecule has 0 aliphatic carbocycles. The summed E-state index contributed by atoms with van der Waals surface area (Å²) in [5.74, 6) is 0. The first-order valence-corrected chi connectivity index (χ1v) is 7.47. The second-order valence-electron chi connectivity index (χ2n) is 5.66. The highest BCUT2D eigenvalue weighted by Gasteiger charge is 2.52. The molecule has 0 amide bonds. The van der Waals surface area contributed by atoms with Crippen molar-refractivity contribution < 1.29 is 9.31 Å². The molecule has 1 saturated heterocycles. The van der Waals surface area contributed by atoms with Crippen LogP contribution in [0.1, 0.15) is 33.3 Å². The quantitative estimate of drug-likeness (QED) is 0.614. The highest BCUT2D eigenvalue weighted by atomic mass is 32.2. The van der Waals surface area contributed by atoms with E-state index in [0.29, 0.717) is 5.56 Å². The van der Waals surface area contributed by atoms with Crippen molar-refractivity contribution in [2.24, 2.45) is 0 Å². The van der Waals surface area contributed by atoms with Gasteiger partial charge in [0.1, 0.15) is 0 Å². The van der Waals surface area contributed by atoms with Crippen LogP contribution in [0.2, 0.25) is 0 Å². The maximum Gasteiger partial charge on any atom is 0.496 e. The van der Waals surface area contributed by atoms with Gasteiger partial charge in [0.15, 0.2) is 0 Å². The third kappa shape index (κ3) is 2.53. The molecule has 3 nitrogen and oxygen atoms in total. The lowest BCUT2D eigenvalue weighted by Crippen LogP contribution is -2.41. The fourth-order valence-corrected chi connectivity index (χ4v) is 2.55. The summed E-state index contributed by atoms with van der Waals surface area (Å²) in [6.07, 6.45) is 2.01. The number of benzene rings is 1. The molecule has 5 heteroatoms. The average molecular weight is 275 g/mol. The summed E-state index contributed by atoms with van der Waals surface area (Å²) in [5.41, 5.74) is 0.833. The molecule has 0 saturated carbocycles. The highest BCUT2D eigenvalue weighted by molar-refractivity contribution is 7.98. The molecule has 0 aromatic heterocycles. The van der Waals surface area contributed by atoms with Gasteiger partial charge in [-0.2, -0.15) is 5.26 Å². The minimum absolute atomic E-state index is 0.365. The lowest BCUT2D eigenvalue weighted by Gasteiger charge is -2.32. The highest BCUT2D eigenvalue weighted by Crippen LogP contribution is 2.37. The number of thioether (sulfide) groups is 1. The van der Waals surface area contributed by atoms with Crippen LogP contribution in [-0.4, -0.2) is 24.6 Å². The van der Waals surface area contributed by atoms with Gasteiger partial charge in [-0.3, -0.25) is 0 Å². The summed E-state index contributed by atoms with van der Waals surface area (Å²) in [6, 6.07) is 7.79. The topological polar surface area (TPSA) is 42.2 Å². The summed E-state index contributed by atoms with van der Waals surface area (Å²) < 4.78 is 12.1. The van der Waals surface area contributed by atoms with E-state index in [-0.39, 0.29) is 11.2 Å². The number of nitrogens with zero attached hydrogens (tertiary/aromatic N) is 1. The lowest BCUT2D eigenvalue weighted by atomic mass is 9.78. The molecule has 1 aliphatic heterocycles. The van der Waals surface area contributed by atoms with Crippen LogP contribution < -0.4 is 5.46 Å². The summed E-state index contributed by atoms with van der Waals surface area (Å²) >= 11 is 1.63. The molecule has 1 fully saturated rings. The largest absolute Gasteiger partial charge is 0.496 e. The van der Waals surface area contributed by atoms with Gasteiger partial charge in [0.05, 0.1) is 22.8 Å². The van der Waals surface area contributed by atoms with Gasteiger partial charge >= 0.3 is 7.12 Å². The Balaban J connectivity index is 2.41. The van der Waals surface area contributed by atoms with Gasteiger partial charge in [-0.05, 0) is 57.6 Å². The average Bonchev–Trinajstić information content (AvgIpc) is 2.57. The predicted molar refractivity (Wildman–Crippen MR) is 78.7 cm³/mol. The van der Waals surface area contributed by atoms with Crippen molar-refractivity contribution in [3.63, 3.8) is 0 Å². The molecule has 1 aromatic carbocycles. The zero-order chi connectivity index (χ0) is 14.3. The number of nitriles is 1. The van der Waals surface area contributed by atoms with Crippen LogP contribution in [0.5, 0.6) is 0 Å². The number of hydrogen-bond donors (Lipinski definition) is 0. The van der Waals surface area contributed by atoms with Crippen molar-refractivity contribution in [2.45, 2.75) is 43.8 Å². The Hall–Kier alpha value is -0.955. The first-order chi connectivity index (χ1) is 8.80. The summed E-state index contributed by atoms with van der Waals surface area (Å²) in [4.78, 5) is 1.08. The van der Waals surface area contributed by atoms with E-state index in [4.69, 9.17) is 14.6 Å².